The van der Waals surface area contributed by atoms with Crippen molar-refractivity contribution in [3.8, 4) is 11.4 Å². The Bertz CT molecular complexity index is 1250. The van der Waals surface area contributed by atoms with Gasteiger partial charge in [0.15, 0.2) is 17.1 Å². The van der Waals surface area contributed by atoms with Crippen LogP contribution in [0.5, 0.6) is 5.75 Å². The first-order valence-electron chi connectivity index (χ1n) is 11.5. The third-order valence-electron chi connectivity index (χ3n) is 5.24. The molecule has 0 aliphatic heterocycles. The average Bonchev–Trinajstić information content (AvgIpc) is 3.50. The van der Waals surface area contributed by atoms with Gasteiger partial charge in [-0.15, -0.1) is 20.4 Å². The van der Waals surface area contributed by atoms with Crippen molar-refractivity contribution in [1.29, 1.82) is 0 Å². The van der Waals surface area contributed by atoms with Crippen molar-refractivity contribution in [2.75, 3.05) is 11.1 Å². The molecule has 4 aromatic rings. The minimum absolute atomic E-state index is 0.165. The number of nitrogens with zero attached hydrogens (tertiary/aromatic N) is 5. The topological polar surface area (TPSA) is 94.8 Å². The molecule has 0 aliphatic carbocycles. The summed E-state index contributed by atoms with van der Waals surface area (Å²) in [7, 11) is 0. The zero-order chi connectivity index (χ0) is 24.8. The molecule has 2 heterocycles. The van der Waals surface area contributed by atoms with Gasteiger partial charge in [0.05, 0.1) is 5.75 Å². The van der Waals surface area contributed by atoms with Gasteiger partial charge < -0.3 is 4.74 Å². The van der Waals surface area contributed by atoms with Crippen LogP contribution >= 0.6 is 23.1 Å². The van der Waals surface area contributed by atoms with E-state index in [1.807, 2.05) is 60.9 Å². The average molecular weight is 509 g/mol. The van der Waals surface area contributed by atoms with E-state index in [0.29, 0.717) is 22.0 Å². The van der Waals surface area contributed by atoms with Gasteiger partial charge in [0.25, 0.3) is 0 Å². The number of aromatic nitrogens is 5. The van der Waals surface area contributed by atoms with Gasteiger partial charge >= 0.3 is 0 Å². The Morgan fingerprint density at radius 3 is 2.43 bits per heavy atom. The molecule has 2 aromatic carbocycles. The molecule has 182 valence electrons. The van der Waals surface area contributed by atoms with E-state index in [4.69, 9.17) is 4.74 Å². The van der Waals surface area contributed by atoms with Gasteiger partial charge in [-0.3, -0.25) is 14.7 Å². The van der Waals surface area contributed by atoms with Crippen molar-refractivity contribution in [2.24, 2.45) is 0 Å². The van der Waals surface area contributed by atoms with Gasteiger partial charge in [-0.25, -0.2) is 0 Å². The fourth-order valence-corrected chi connectivity index (χ4v) is 4.83. The van der Waals surface area contributed by atoms with Crippen molar-refractivity contribution < 1.29 is 9.53 Å². The molecule has 0 bridgehead atoms. The number of carbonyl (C=O) groups excluding carboxylic acids is 1. The summed E-state index contributed by atoms with van der Waals surface area (Å²) in [4.78, 5) is 12.5. The van der Waals surface area contributed by atoms with Gasteiger partial charge in [0.1, 0.15) is 10.8 Å². The zero-order valence-electron chi connectivity index (χ0n) is 20.1. The number of ether oxygens (including phenoxy) is 1. The van der Waals surface area contributed by atoms with Crippen LogP contribution in [0.15, 0.2) is 59.8 Å². The summed E-state index contributed by atoms with van der Waals surface area (Å²) < 4.78 is 8.14. The van der Waals surface area contributed by atoms with Crippen LogP contribution in [0.25, 0.3) is 5.69 Å². The highest BCUT2D eigenvalue weighted by Crippen LogP contribution is 2.29. The maximum Gasteiger partial charge on any atom is 0.236 e. The van der Waals surface area contributed by atoms with Crippen LogP contribution in [0.1, 0.15) is 56.1 Å². The number of anilines is 1. The molecule has 0 saturated carbocycles. The third kappa shape index (κ3) is 6.26. The number of amides is 1. The summed E-state index contributed by atoms with van der Waals surface area (Å²) in [5, 5.41) is 21.6. The van der Waals surface area contributed by atoms with E-state index in [-0.39, 0.29) is 17.8 Å². The molecule has 1 atom stereocenters. The predicted molar refractivity (Wildman–Crippen MR) is 140 cm³/mol. The van der Waals surface area contributed by atoms with Crippen molar-refractivity contribution in [3.63, 3.8) is 0 Å². The van der Waals surface area contributed by atoms with Crippen LogP contribution in [0, 0.1) is 0 Å². The summed E-state index contributed by atoms with van der Waals surface area (Å²) in [6.07, 6.45) is 0.428. The number of aryl methyl sites for hydroxylation is 1. The molecular formula is C25H28N6O2S2. The van der Waals surface area contributed by atoms with Crippen molar-refractivity contribution >= 4 is 34.1 Å². The second-order valence-electron chi connectivity index (χ2n) is 8.19. The quantitative estimate of drug-likeness (QED) is 0.276. The lowest BCUT2D eigenvalue weighted by Gasteiger charge is -2.17. The molecule has 4 rings (SSSR count). The monoisotopic (exact) mass is 508 g/mol. The van der Waals surface area contributed by atoms with Gasteiger partial charge in [0.2, 0.25) is 11.0 Å². The van der Waals surface area contributed by atoms with Gasteiger partial charge in [-0.2, -0.15) is 0 Å². The van der Waals surface area contributed by atoms with Gasteiger partial charge in [0, 0.05) is 5.69 Å². The molecule has 2 aromatic heterocycles. The van der Waals surface area contributed by atoms with E-state index in [0.717, 1.165) is 22.9 Å². The van der Waals surface area contributed by atoms with Gasteiger partial charge in [-0.1, -0.05) is 74.2 Å². The van der Waals surface area contributed by atoms with Crippen molar-refractivity contribution in [2.45, 2.75) is 51.3 Å². The number of para-hydroxylation sites is 1. The minimum atomic E-state index is -0.357. The summed E-state index contributed by atoms with van der Waals surface area (Å²) >= 11 is 2.69. The van der Waals surface area contributed by atoms with E-state index in [1.54, 1.807) is 0 Å². The number of rotatable bonds is 10. The number of carbonyl (C=O) groups is 1. The van der Waals surface area contributed by atoms with Crippen molar-refractivity contribution in [3.05, 3.63) is 71.0 Å². The minimum Gasteiger partial charge on any atom is -0.483 e. The second-order valence-corrected chi connectivity index (χ2v) is 10.2. The second kappa shape index (κ2) is 11.5. The lowest BCUT2D eigenvalue weighted by molar-refractivity contribution is -0.113. The first-order valence-corrected chi connectivity index (χ1v) is 13.3. The highest BCUT2D eigenvalue weighted by molar-refractivity contribution is 7.99. The number of hydrogen-bond acceptors (Lipinski definition) is 8. The normalized spacial score (nSPS) is 12.0. The van der Waals surface area contributed by atoms with Gasteiger partial charge in [-0.05, 0) is 49.1 Å². The molecule has 8 nitrogen and oxygen atoms in total. The predicted octanol–water partition coefficient (Wildman–Crippen LogP) is 5.68. The van der Waals surface area contributed by atoms with Crippen LogP contribution < -0.4 is 10.1 Å². The Labute approximate surface area is 213 Å². The molecule has 1 amide bonds. The lowest BCUT2D eigenvalue weighted by atomic mass is 10.0. The Morgan fingerprint density at radius 1 is 1.03 bits per heavy atom. The maximum atomic E-state index is 12.5. The van der Waals surface area contributed by atoms with E-state index in [1.165, 1.54) is 28.7 Å². The molecule has 35 heavy (non-hydrogen) atoms. The molecule has 0 radical (unpaired) electrons. The van der Waals surface area contributed by atoms with Crippen LogP contribution in [-0.2, 0) is 11.2 Å². The van der Waals surface area contributed by atoms with Crippen LogP contribution in [-0.4, -0.2) is 36.6 Å². The molecule has 0 spiro atoms. The molecule has 0 fully saturated rings. The van der Waals surface area contributed by atoms with E-state index in [9.17, 15) is 4.79 Å². The molecule has 0 saturated heterocycles. The smallest absolute Gasteiger partial charge is 0.236 e. The molecule has 10 heteroatoms. The fraction of sp³-hybridized carbons (Fsp3) is 0.320. The summed E-state index contributed by atoms with van der Waals surface area (Å²) in [5.41, 5.74) is 2.16. The first-order chi connectivity index (χ1) is 16.9. The third-order valence-corrected chi connectivity index (χ3v) is 7.16. The molecular weight excluding hydrogens is 480 g/mol. The Hall–Kier alpha value is -3.24. The lowest BCUT2D eigenvalue weighted by Crippen LogP contribution is -2.15. The Kier molecular flexibility index (Phi) is 8.14. The van der Waals surface area contributed by atoms with E-state index >= 15 is 0 Å². The largest absolute Gasteiger partial charge is 0.483 e. The highest BCUT2D eigenvalue weighted by Gasteiger charge is 2.22. The van der Waals surface area contributed by atoms with E-state index in [2.05, 4.69) is 51.7 Å². The Balaban J connectivity index is 1.51. The molecule has 1 N–H and O–H groups in total. The van der Waals surface area contributed by atoms with Crippen LogP contribution in [0.3, 0.4) is 0 Å². The van der Waals surface area contributed by atoms with Crippen LogP contribution in [0.4, 0.5) is 5.13 Å². The number of hydrogen-bond donors (Lipinski definition) is 1. The summed E-state index contributed by atoms with van der Waals surface area (Å²) in [6, 6.07) is 17.9. The first kappa shape index (κ1) is 24.9. The zero-order valence-corrected chi connectivity index (χ0v) is 21.8. The SMILES string of the molecule is CCc1nnc(NC(=O)CSc2nnc(C(C)Oc3ccc(C(C)C)cc3)n2-c2ccccc2)s1. The highest BCUT2D eigenvalue weighted by atomic mass is 32.2. The van der Waals surface area contributed by atoms with E-state index < -0.39 is 0 Å². The van der Waals surface area contributed by atoms with Crippen molar-refractivity contribution in [1.82, 2.24) is 25.0 Å². The number of benzene rings is 2. The number of nitrogens with one attached hydrogen (secondary N) is 1. The fourth-order valence-electron chi connectivity index (χ4n) is 3.38. The molecule has 0 aliphatic rings. The van der Waals surface area contributed by atoms with Crippen LogP contribution in [0.2, 0.25) is 0 Å². The molecule has 1 unspecified atom stereocenters. The Morgan fingerprint density at radius 2 is 1.77 bits per heavy atom. The number of thioether (sulfide) groups is 1. The summed E-state index contributed by atoms with van der Waals surface area (Å²) in [5.74, 6) is 1.87. The maximum absolute atomic E-state index is 12.5. The standard InChI is InChI=1S/C25H28N6O2S2/c1-5-22-27-29-24(35-22)26-21(32)15-34-25-30-28-23(31(25)19-9-7-6-8-10-19)17(4)33-20-13-11-18(12-14-20)16(2)3/h6-14,16-17H,5,15H2,1-4H3,(H,26,29,32). The summed E-state index contributed by atoms with van der Waals surface area (Å²) in [6.45, 7) is 8.27.